The lowest BCUT2D eigenvalue weighted by Gasteiger charge is -2.09. The van der Waals surface area contributed by atoms with E-state index in [1.807, 2.05) is 0 Å². The minimum atomic E-state index is -0.648. The quantitative estimate of drug-likeness (QED) is 0.909. The van der Waals surface area contributed by atoms with Crippen molar-refractivity contribution in [2.75, 3.05) is 5.32 Å². The average molecular weight is 285 g/mol. The topological polar surface area (TPSA) is 44.9 Å². The highest BCUT2D eigenvalue weighted by molar-refractivity contribution is 6.33. The van der Waals surface area contributed by atoms with E-state index in [9.17, 15) is 13.6 Å². The highest BCUT2D eigenvalue weighted by atomic mass is 35.5. The van der Waals surface area contributed by atoms with Gasteiger partial charge in [0.1, 0.15) is 16.7 Å². The zero-order chi connectivity index (χ0) is 14.0. The van der Waals surface area contributed by atoms with Gasteiger partial charge >= 0.3 is 0 Å². The van der Waals surface area contributed by atoms with E-state index in [1.54, 1.807) is 13.0 Å². The van der Waals surface area contributed by atoms with Gasteiger partial charge in [0.2, 0.25) is 0 Å². The molecule has 0 fully saturated rings. The zero-order valence-corrected chi connectivity index (χ0v) is 10.8. The molecule has 0 saturated heterocycles. The van der Waals surface area contributed by atoms with Crippen molar-refractivity contribution in [2.24, 2.45) is 0 Å². The summed E-state index contributed by atoms with van der Waals surface area (Å²) in [6.07, 6.45) is 0. The van der Waals surface area contributed by atoms with Gasteiger partial charge in [-0.2, -0.15) is 0 Å². The van der Waals surface area contributed by atoms with Crippen LogP contribution < -0.4 is 10.9 Å². The predicted molar refractivity (Wildman–Crippen MR) is 70.5 cm³/mol. The first kappa shape index (κ1) is 13.5. The Kier molecular flexibility index (Phi) is 3.85. The van der Waals surface area contributed by atoms with E-state index in [4.69, 9.17) is 11.6 Å². The van der Waals surface area contributed by atoms with Gasteiger partial charge < -0.3 is 10.3 Å². The van der Waals surface area contributed by atoms with Crippen LogP contribution in [0, 0.1) is 18.6 Å². The standard InChI is InChI=1S/C13H11ClF2N2O/c1-7-4-11(12(14)13(19)18-7)17-6-8-2-3-9(15)5-10(8)16/h2-5H,6H2,1H3,(H2,17,18,19). The van der Waals surface area contributed by atoms with E-state index in [2.05, 4.69) is 10.3 Å². The molecule has 1 heterocycles. The molecule has 0 radical (unpaired) electrons. The number of hydrogen-bond donors (Lipinski definition) is 2. The van der Waals surface area contributed by atoms with Crippen LogP contribution in [0.2, 0.25) is 5.02 Å². The van der Waals surface area contributed by atoms with Gasteiger partial charge in [-0.1, -0.05) is 17.7 Å². The van der Waals surface area contributed by atoms with E-state index >= 15 is 0 Å². The first-order valence-electron chi connectivity index (χ1n) is 5.54. The molecule has 0 bridgehead atoms. The number of aromatic nitrogens is 1. The second-order valence-corrected chi connectivity index (χ2v) is 4.48. The Hall–Kier alpha value is -1.88. The van der Waals surface area contributed by atoms with Crippen LogP contribution in [0.1, 0.15) is 11.3 Å². The molecule has 6 heteroatoms. The van der Waals surface area contributed by atoms with E-state index in [-0.39, 0.29) is 17.1 Å². The second-order valence-electron chi connectivity index (χ2n) is 4.10. The lowest BCUT2D eigenvalue weighted by Crippen LogP contribution is -2.12. The Morgan fingerprint density at radius 1 is 1.32 bits per heavy atom. The summed E-state index contributed by atoms with van der Waals surface area (Å²) in [6, 6.07) is 4.96. The molecule has 0 saturated carbocycles. The Bertz CT molecular complexity index is 670. The maximum atomic E-state index is 13.4. The molecule has 2 aromatic rings. The van der Waals surface area contributed by atoms with Crippen molar-refractivity contribution >= 4 is 17.3 Å². The average Bonchev–Trinajstić information content (AvgIpc) is 2.33. The third kappa shape index (κ3) is 3.12. The molecule has 2 rings (SSSR count). The van der Waals surface area contributed by atoms with Crippen LogP contribution in [0.4, 0.5) is 14.5 Å². The molecule has 0 spiro atoms. The monoisotopic (exact) mass is 284 g/mol. The number of nitrogens with one attached hydrogen (secondary N) is 2. The van der Waals surface area contributed by atoms with Crippen molar-refractivity contribution < 1.29 is 8.78 Å². The third-order valence-electron chi connectivity index (χ3n) is 2.59. The molecule has 0 aliphatic carbocycles. The number of rotatable bonds is 3. The van der Waals surface area contributed by atoms with Gasteiger partial charge in [0.05, 0.1) is 5.69 Å². The molecule has 1 aromatic heterocycles. The number of H-pyrrole nitrogens is 1. The second kappa shape index (κ2) is 5.40. The van der Waals surface area contributed by atoms with Gasteiger partial charge in [-0.15, -0.1) is 0 Å². The van der Waals surface area contributed by atoms with Gasteiger partial charge in [0.15, 0.2) is 0 Å². The van der Waals surface area contributed by atoms with Gasteiger partial charge in [0.25, 0.3) is 5.56 Å². The summed E-state index contributed by atoms with van der Waals surface area (Å²) in [4.78, 5) is 14.0. The first-order chi connectivity index (χ1) is 8.97. The van der Waals surface area contributed by atoms with E-state index in [0.29, 0.717) is 11.4 Å². The number of pyridine rings is 1. The molecular weight excluding hydrogens is 274 g/mol. The van der Waals surface area contributed by atoms with Crippen LogP contribution in [0.5, 0.6) is 0 Å². The molecule has 0 unspecified atom stereocenters. The van der Waals surface area contributed by atoms with Crippen LogP contribution >= 0.6 is 11.6 Å². The smallest absolute Gasteiger partial charge is 0.269 e. The van der Waals surface area contributed by atoms with Crippen molar-refractivity contribution in [1.29, 1.82) is 0 Å². The van der Waals surface area contributed by atoms with Crippen LogP contribution in [0.3, 0.4) is 0 Å². The summed E-state index contributed by atoms with van der Waals surface area (Å²) >= 11 is 5.84. The fraction of sp³-hybridized carbons (Fsp3) is 0.154. The molecule has 2 N–H and O–H groups in total. The SMILES string of the molecule is Cc1cc(NCc2ccc(F)cc2F)c(Cl)c(=O)[nH]1. The fourth-order valence-electron chi connectivity index (χ4n) is 1.66. The van der Waals surface area contributed by atoms with Gasteiger partial charge in [-0.25, -0.2) is 8.78 Å². The fourth-order valence-corrected chi connectivity index (χ4v) is 1.82. The Morgan fingerprint density at radius 2 is 2.05 bits per heavy atom. The van der Waals surface area contributed by atoms with Crippen molar-refractivity contribution in [3.05, 3.63) is 62.5 Å². The number of halogens is 3. The molecular formula is C13H11ClF2N2O. The molecule has 0 amide bonds. The highest BCUT2D eigenvalue weighted by Gasteiger charge is 2.08. The van der Waals surface area contributed by atoms with Crippen LogP contribution in [-0.4, -0.2) is 4.98 Å². The lowest BCUT2D eigenvalue weighted by atomic mass is 10.2. The number of anilines is 1. The molecule has 19 heavy (non-hydrogen) atoms. The number of aromatic amines is 1. The van der Waals surface area contributed by atoms with Crippen molar-refractivity contribution in [1.82, 2.24) is 4.98 Å². The Morgan fingerprint density at radius 3 is 2.74 bits per heavy atom. The van der Waals surface area contributed by atoms with E-state index in [1.165, 1.54) is 12.1 Å². The van der Waals surface area contributed by atoms with E-state index < -0.39 is 17.2 Å². The molecule has 0 aliphatic rings. The summed E-state index contributed by atoms with van der Waals surface area (Å²) in [6.45, 7) is 1.82. The Balaban J connectivity index is 2.21. The highest BCUT2D eigenvalue weighted by Crippen LogP contribution is 2.19. The molecule has 1 aromatic carbocycles. The van der Waals surface area contributed by atoms with Crippen LogP contribution in [0.25, 0.3) is 0 Å². The predicted octanol–water partition coefficient (Wildman–Crippen LogP) is 3.23. The maximum Gasteiger partial charge on any atom is 0.269 e. The summed E-state index contributed by atoms with van der Waals surface area (Å²) in [7, 11) is 0. The summed E-state index contributed by atoms with van der Waals surface area (Å²) in [5, 5.41) is 2.86. The van der Waals surface area contributed by atoms with Gasteiger partial charge in [0, 0.05) is 23.9 Å². The molecule has 100 valence electrons. The van der Waals surface area contributed by atoms with Crippen molar-refractivity contribution in [3.63, 3.8) is 0 Å². The third-order valence-corrected chi connectivity index (χ3v) is 2.97. The molecule has 0 aliphatic heterocycles. The Labute approximate surface area is 113 Å². The maximum absolute atomic E-state index is 13.4. The lowest BCUT2D eigenvalue weighted by molar-refractivity contribution is 0.574. The number of aryl methyl sites for hydroxylation is 1. The molecule has 3 nitrogen and oxygen atoms in total. The normalized spacial score (nSPS) is 10.5. The largest absolute Gasteiger partial charge is 0.379 e. The first-order valence-corrected chi connectivity index (χ1v) is 5.92. The van der Waals surface area contributed by atoms with Crippen LogP contribution in [-0.2, 0) is 6.54 Å². The number of benzene rings is 1. The van der Waals surface area contributed by atoms with E-state index in [0.717, 1.165) is 6.07 Å². The minimum Gasteiger partial charge on any atom is -0.379 e. The molecule has 0 atom stereocenters. The summed E-state index contributed by atoms with van der Waals surface area (Å²) < 4.78 is 26.2. The summed E-state index contributed by atoms with van der Waals surface area (Å²) in [5.41, 5.74) is 0.919. The number of hydrogen-bond acceptors (Lipinski definition) is 2. The van der Waals surface area contributed by atoms with Gasteiger partial charge in [-0.3, -0.25) is 4.79 Å². The van der Waals surface area contributed by atoms with Crippen LogP contribution in [0.15, 0.2) is 29.1 Å². The van der Waals surface area contributed by atoms with Gasteiger partial charge in [-0.05, 0) is 19.1 Å². The van der Waals surface area contributed by atoms with Crippen molar-refractivity contribution in [2.45, 2.75) is 13.5 Å². The minimum absolute atomic E-state index is 0.00752. The van der Waals surface area contributed by atoms with Crippen molar-refractivity contribution in [3.8, 4) is 0 Å². The summed E-state index contributed by atoms with van der Waals surface area (Å²) in [5.74, 6) is -1.28. The zero-order valence-electron chi connectivity index (χ0n) is 10.1.